The van der Waals surface area contributed by atoms with Crippen molar-refractivity contribution in [3.8, 4) is 0 Å². The van der Waals surface area contributed by atoms with Crippen LogP contribution < -0.4 is 5.19 Å². The SMILES string of the molecule is Cc1cc(C)c(S[Si](Sc2c(C)cc(C)cc2C)c2c(C)cc(C)cc2C)c(C)c1.[CH3][Sn]([CH3])[CH3]. The van der Waals surface area contributed by atoms with Gasteiger partial charge in [-0.25, -0.2) is 0 Å². The van der Waals surface area contributed by atoms with E-state index in [9.17, 15) is 0 Å². The molecule has 0 aromatic heterocycles. The van der Waals surface area contributed by atoms with Gasteiger partial charge < -0.3 is 0 Å². The molecule has 3 aromatic carbocycles. The van der Waals surface area contributed by atoms with Crippen molar-refractivity contribution < 1.29 is 0 Å². The van der Waals surface area contributed by atoms with Gasteiger partial charge in [0.2, 0.25) is 7.10 Å². The van der Waals surface area contributed by atoms with Gasteiger partial charge in [-0.05, 0) is 101 Å². The van der Waals surface area contributed by atoms with Crippen molar-refractivity contribution in [1.29, 1.82) is 0 Å². The summed E-state index contributed by atoms with van der Waals surface area (Å²) in [4.78, 5) is 10.0. The van der Waals surface area contributed by atoms with Crippen molar-refractivity contribution in [2.24, 2.45) is 0 Å². The Labute approximate surface area is 226 Å². The summed E-state index contributed by atoms with van der Waals surface area (Å²) < 4.78 is 0. The molecule has 0 unspecified atom stereocenters. The number of hydrogen-bond donors (Lipinski definition) is 0. The zero-order valence-electron chi connectivity index (χ0n) is 23.3. The van der Waals surface area contributed by atoms with Crippen molar-refractivity contribution in [2.75, 3.05) is 0 Å². The molecule has 0 fully saturated rings. The predicted octanol–water partition coefficient (Wildman–Crippen LogP) is 9.11. The van der Waals surface area contributed by atoms with Crippen LogP contribution in [-0.4, -0.2) is 26.9 Å². The molecule has 0 spiro atoms. The first-order valence-corrected chi connectivity index (χ1v) is 25.2. The summed E-state index contributed by atoms with van der Waals surface area (Å²) in [7, 11) is -0.984. The van der Waals surface area contributed by atoms with E-state index in [1.807, 2.05) is 0 Å². The maximum absolute atomic E-state index is 2.36. The van der Waals surface area contributed by atoms with Crippen LogP contribution in [0.25, 0.3) is 0 Å². The van der Waals surface area contributed by atoms with E-state index < -0.39 is 26.9 Å². The average molecular weight is 614 g/mol. The molecule has 0 aliphatic heterocycles. The number of benzene rings is 3. The molecular formula is C30H42S2SiSn. The molecule has 0 nitrogen and oxygen atoms in total. The number of aryl methyl sites for hydroxylation is 9. The zero-order chi connectivity index (χ0) is 25.7. The Balaban J connectivity index is 0.000000945. The molecule has 0 N–H and O–H groups in total. The summed E-state index contributed by atoms with van der Waals surface area (Å²) in [5.41, 5.74) is 12.5. The maximum atomic E-state index is 2.36. The second kappa shape index (κ2) is 13.1. The Morgan fingerprint density at radius 2 is 0.706 bits per heavy atom. The van der Waals surface area contributed by atoms with E-state index >= 15 is 0 Å². The summed E-state index contributed by atoms with van der Waals surface area (Å²) in [6, 6.07) is 14.0. The molecule has 0 aliphatic carbocycles. The molecule has 0 atom stereocenters. The van der Waals surface area contributed by atoms with Gasteiger partial charge in [0.15, 0.2) is 0 Å². The van der Waals surface area contributed by atoms with E-state index in [0.29, 0.717) is 0 Å². The normalized spacial score (nSPS) is 11.1. The van der Waals surface area contributed by atoms with Gasteiger partial charge in [-0.15, -0.1) is 22.4 Å². The third-order valence-electron chi connectivity index (χ3n) is 5.48. The molecule has 0 aliphatic rings. The van der Waals surface area contributed by atoms with Crippen molar-refractivity contribution in [2.45, 2.75) is 86.9 Å². The first kappa shape index (κ1) is 29.6. The summed E-state index contributed by atoms with van der Waals surface area (Å²) in [5, 5.41) is 1.57. The van der Waals surface area contributed by atoms with Crippen molar-refractivity contribution in [1.82, 2.24) is 0 Å². The zero-order valence-corrected chi connectivity index (χ0v) is 28.8. The molecular weight excluding hydrogens is 571 g/mol. The Kier molecular flexibility index (Phi) is 11.4. The number of rotatable bonds is 5. The van der Waals surface area contributed by atoms with E-state index in [2.05, 4.69) is 136 Å². The van der Waals surface area contributed by atoms with Gasteiger partial charge in [0, 0.05) is 9.79 Å². The molecule has 0 amide bonds. The third kappa shape index (κ3) is 8.21. The molecule has 0 heterocycles. The van der Waals surface area contributed by atoms with E-state index in [4.69, 9.17) is 0 Å². The van der Waals surface area contributed by atoms with E-state index in [1.165, 1.54) is 59.9 Å². The Hall–Kier alpha value is -0.624. The molecule has 4 heteroatoms. The molecule has 0 saturated heterocycles. The molecule has 0 saturated carbocycles. The molecule has 0 bridgehead atoms. The van der Waals surface area contributed by atoms with Crippen LogP contribution in [0.5, 0.6) is 0 Å². The van der Waals surface area contributed by atoms with Gasteiger partial charge in [-0.2, -0.15) is 0 Å². The van der Waals surface area contributed by atoms with Crippen LogP contribution in [0.15, 0.2) is 46.2 Å². The Morgan fingerprint density at radius 1 is 0.471 bits per heavy atom. The van der Waals surface area contributed by atoms with Crippen LogP contribution in [0.3, 0.4) is 0 Å². The van der Waals surface area contributed by atoms with Crippen LogP contribution in [0.2, 0.25) is 14.8 Å². The first-order valence-electron chi connectivity index (χ1n) is 12.0. The van der Waals surface area contributed by atoms with Crippen LogP contribution in [0, 0.1) is 62.3 Å². The fraction of sp³-hybridized carbons (Fsp3) is 0.400. The minimum atomic E-state index is -0.984. The van der Waals surface area contributed by atoms with Gasteiger partial charge in [0.05, 0.1) is 0 Å². The molecule has 3 rings (SSSR count). The van der Waals surface area contributed by atoms with Crippen molar-refractivity contribution in [3.05, 3.63) is 86.5 Å². The second-order valence-electron chi connectivity index (χ2n) is 10.2. The topological polar surface area (TPSA) is 0 Å². The summed E-state index contributed by atoms with van der Waals surface area (Å²) >= 11 is 3.70. The van der Waals surface area contributed by atoms with Crippen LogP contribution in [0.1, 0.15) is 50.1 Å². The predicted molar refractivity (Wildman–Crippen MR) is 162 cm³/mol. The Bertz CT molecular complexity index is 1020. The fourth-order valence-corrected chi connectivity index (χ4v) is 14.3. The van der Waals surface area contributed by atoms with E-state index in [1.54, 1.807) is 5.19 Å². The first-order chi connectivity index (χ1) is 15.8. The van der Waals surface area contributed by atoms with Crippen LogP contribution in [0.4, 0.5) is 0 Å². The second-order valence-corrected chi connectivity index (χ2v) is 25.5. The average Bonchev–Trinajstić information content (AvgIpc) is 2.65. The van der Waals surface area contributed by atoms with E-state index in [0.717, 1.165) is 0 Å². The fourth-order valence-electron chi connectivity index (χ4n) is 4.47. The summed E-state index contributed by atoms with van der Waals surface area (Å²) in [6.07, 6.45) is 0. The monoisotopic (exact) mass is 614 g/mol. The van der Waals surface area contributed by atoms with Gasteiger partial charge in [0.1, 0.15) is 0 Å². The van der Waals surface area contributed by atoms with Crippen molar-refractivity contribution in [3.63, 3.8) is 0 Å². The van der Waals surface area contributed by atoms with Crippen molar-refractivity contribution >= 4 is 54.5 Å². The summed E-state index contributed by atoms with van der Waals surface area (Å²) in [6.45, 7) is 20.3. The molecule has 182 valence electrons. The number of hydrogen-bond acceptors (Lipinski definition) is 2. The van der Waals surface area contributed by atoms with Crippen LogP contribution >= 0.6 is 22.4 Å². The van der Waals surface area contributed by atoms with Gasteiger partial charge in [0.25, 0.3) is 0 Å². The standard InChI is InChI=1S/C27H33S2Si.3CH3.Sn/c1-16-10-19(4)25(20(5)11-16)28-30(27-23(8)14-18(3)15-24(27)9)29-26-21(6)12-17(2)13-22(26)7;;;;/h10-15H,1-9H3;3*1H3;. The molecule has 2 radical (unpaired) electrons. The van der Waals surface area contributed by atoms with Gasteiger partial charge in [-0.1, -0.05) is 53.1 Å². The van der Waals surface area contributed by atoms with Gasteiger partial charge >= 0.3 is 34.6 Å². The molecule has 3 aromatic rings. The molecule has 34 heavy (non-hydrogen) atoms. The minimum absolute atomic E-state index is 0.543. The van der Waals surface area contributed by atoms with E-state index in [-0.39, 0.29) is 0 Å². The summed E-state index contributed by atoms with van der Waals surface area (Å²) in [5.74, 6) is 0. The quantitative estimate of drug-likeness (QED) is 0.263. The van der Waals surface area contributed by atoms with Gasteiger partial charge in [-0.3, -0.25) is 0 Å². The Morgan fingerprint density at radius 3 is 0.971 bits per heavy atom. The van der Waals surface area contributed by atoms with Crippen LogP contribution in [-0.2, 0) is 0 Å². The third-order valence-corrected chi connectivity index (χ3v) is 13.8.